The molecule has 0 fully saturated rings. The Hall–Kier alpha value is -2.03. The normalized spacial score (nSPS) is 11.5. The molecular formula is C10H15N3O3. The molecule has 0 aromatic heterocycles. The zero-order valence-electron chi connectivity index (χ0n) is 9.50. The quantitative estimate of drug-likeness (QED) is 0.461. The molecule has 0 aromatic carbocycles. The standard InChI is InChI=1S/C10H15N3O3/c1-10(2,3)13-9(16)7(4-11)5-12-6-8(14)15/h5,12H,6H2,1-3H3,(H,13,16)(H,14,15)/b7-5-. The number of aliphatic carboxylic acids is 1. The average molecular weight is 225 g/mol. The van der Waals surface area contributed by atoms with Crippen LogP contribution in [0.5, 0.6) is 0 Å². The van der Waals surface area contributed by atoms with Crippen molar-refractivity contribution < 1.29 is 14.7 Å². The van der Waals surface area contributed by atoms with Gasteiger partial charge in [-0.25, -0.2) is 0 Å². The first-order chi connectivity index (χ1) is 7.26. The van der Waals surface area contributed by atoms with Crippen LogP contribution in [-0.4, -0.2) is 29.1 Å². The lowest BCUT2D eigenvalue weighted by molar-refractivity contribution is -0.135. The maximum Gasteiger partial charge on any atom is 0.322 e. The van der Waals surface area contributed by atoms with Gasteiger partial charge in [-0.15, -0.1) is 0 Å². The summed E-state index contributed by atoms with van der Waals surface area (Å²) in [6, 6.07) is 1.69. The fourth-order valence-corrected chi connectivity index (χ4v) is 0.797. The summed E-state index contributed by atoms with van der Waals surface area (Å²) in [5, 5.41) is 22.0. The minimum Gasteiger partial charge on any atom is -0.480 e. The number of carboxylic acid groups (broad SMARTS) is 1. The topological polar surface area (TPSA) is 102 Å². The molecule has 0 rings (SSSR count). The van der Waals surface area contributed by atoms with Gasteiger partial charge in [0.15, 0.2) is 0 Å². The minimum atomic E-state index is -1.07. The molecule has 16 heavy (non-hydrogen) atoms. The fourth-order valence-electron chi connectivity index (χ4n) is 0.797. The Balaban J connectivity index is 4.45. The van der Waals surface area contributed by atoms with Crippen LogP contribution in [0.25, 0.3) is 0 Å². The summed E-state index contributed by atoms with van der Waals surface area (Å²) in [6.07, 6.45) is 1.09. The molecule has 0 heterocycles. The Labute approximate surface area is 93.9 Å². The van der Waals surface area contributed by atoms with E-state index in [0.717, 1.165) is 6.20 Å². The second-order valence-corrected chi connectivity index (χ2v) is 4.15. The summed E-state index contributed by atoms with van der Waals surface area (Å²) in [7, 11) is 0. The van der Waals surface area contributed by atoms with Crippen LogP contribution in [0.4, 0.5) is 0 Å². The maximum absolute atomic E-state index is 11.5. The van der Waals surface area contributed by atoms with Gasteiger partial charge in [0, 0.05) is 11.7 Å². The predicted octanol–water partition coefficient (Wildman–Crippen LogP) is -0.0172. The predicted molar refractivity (Wildman–Crippen MR) is 57.2 cm³/mol. The Morgan fingerprint density at radius 3 is 2.38 bits per heavy atom. The third-order valence-corrected chi connectivity index (χ3v) is 1.35. The molecule has 0 unspecified atom stereocenters. The summed E-state index contributed by atoms with van der Waals surface area (Å²) in [6.45, 7) is 5.01. The summed E-state index contributed by atoms with van der Waals surface area (Å²) in [4.78, 5) is 21.7. The number of rotatable bonds is 4. The summed E-state index contributed by atoms with van der Waals surface area (Å²) in [5.41, 5.74) is -0.601. The van der Waals surface area contributed by atoms with Crippen molar-refractivity contribution in [3.63, 3.8) is 0 Å². The van der Waals surface area contributed by atoms with Gasteiger partial charge in [0.2, 0.25) is 0 Å². The first-order valence-electron chi connectivity index (χ1n) is 4.64. The van der Waals surface area contributed by atoms with Crippen molar-refractivity contribution in [3.05, 3.63) is 11.8 Å². The molecule has 0 atom stereocenters. The number of nitriles is 1. The van der Waals surface area contributed by atoms with Crippen molar-refractivity contribution in [1.82, 2.24) is 10.6 Å². The van der Waals surface area contributed by atoms with Crippen LogP contribution in [0, 0.1) is 11.3 Å². The molecule has 0 radical (unpaired) electrons. The van der Waals surface area contributed by atoms with Gasteiger partial charge in [0.1, 0.15) is 18.2 Å². The third kappa shape index (κ3) is 6.43. The molecule has 0 aliphatic rings. The van der Waals surface area contributed by atoms with E-state index in [-0.39, 0.29) is 12.1 Å². The van der Waals surface area contributed by atoms with Gasteiger partial charge in [-0.2, -0.15) is 5.26 Å². The van der Waals surface area contributed by atoms with Gasteiger partial charge in [0.25, 0.3) is 5.91 Å². The van der Waals surface area contributed by atoms with Crippen molar-refractivity contribution in [2.75, 3.05) is 6.54 Å². The van der Waals surface area contributed by atoms with Crippen LogP contribution in [0.1, 0.15) is 20.8 Å². The lowest BCUT2D eigenvalue weighted by atomic mass is 10.1. The number of carboxylic acids is 1. The second-order valence-electron chi connectivity index (χ2n) is 4.15. The number of hydrogen-bond acceptors (Lipinski definition) is 4. The smallest absolute Gasteiger partial charge is 0.322 e. The Bertz CT molecular complexity index is 347. The molecule has 1 amide bonds. The summed E-state index contributed by atoms with van der Waals surface area (Å²) in [5.74, 6) is -1.60. The van der Waals surface area contributed by atoms with E-state index in [9.17, 15) is 9.59 Å². The van der Waals surface area contributed by atoms with Crippen LogP contribution in [0.15, 0.2) is 11.8 Å². The molecule has 0 aromatic rings. The highest BCUT2D eigenvalue weighted by Gasteiger charge is 2.16. The molecule has 6 nitrogen and oxygen atoms in total. The third-order valence-electron chi connectivity index (χ3n) is 1.35. The van der Waals surface area contributed by atoms with E-state index in [1.165, 1.54) is 0 Å². The van der Waals surface area contributed by atoms with E-state index in [0.29, 0.717) is 0 Å². The maximum atomic E-state index is 11.5. The first kappa shape index (κ1) is 14.0. The molecule has 6 heteroatoms. The van der Waals surface area contributed by atoms with Crippen molar-refractivity contribution in [1.29, 1.82) is 5.26 Å². The zero-order valence-corrected chi connectivity index (χ0v) is 9.50. The SMILES string of the molecule is CC(C)(C)NC(=O)/C(C#N)=C\NCC(=O)O. The van der Waals surface area contributed by atoms with E-state index >= 15 is 0 Å². The van der Waals surface area contributed by atoms with Crippen LogP contribution < -0.4 is 10.6 Å². The van der Waals surface area contributed by atoms with Gasteiger partial charge in [-0.3, -0.25) is 9.59 Å². The summed E-state index contributed by atoms with van der Waals surface area (Å²) < 4.78 is 0. The number of amides is 1. The molecule has 0 saturated carbocycles. The van der Waals surface area contributed by atoms with Crippen LogP contribution in [-0.2, 0) is 9.59 Å². The molecular weight excluding hydrogens is 210 g/mol. The molecule has 0 spiro atoms. The molecule has 0 bridgehead atoms. The molecule has 0 saturated heterocycles. The van der Waals surface area contributed by atoms with Crippen LogP contribution in [0.2, 0.25) is 0 Å². The zero-order chi connectivity index (χ0) is 12.8. The van der Waals surface area contributed by atoms with Gasteiger partial charge >= 0.3 is 5.97 Å². The van der Waals surface area contributed by atoms with Crippen molar-refractivity contribution in [2.24, 2.45) is 0 Å². The van der Waals surface area contributed by atoms with Crippen molar-refractivity contribution in [2.45, 2.75) is 26.3 Å². The Kier molecular flexibility index (Phi) is 5.02. The van der Waals surface area contributed by atoms with E-state index in [2.05, 4.69) is 10.6 Å². The molecule has 0 aliphatic heterocycles. The first-order valence-corrected chi connectivity index (χ1v) is 4.64. The van der Waals surface area contributed by atoms with E-state index < -0.39 is 17.4 Å². The lowest BCUT2D eigenvalue weighted by Crippen LogP contribution is -2.41. The van der Waals surface area contributed by atoms with Gasteiger partial charge in [0.05, 0.1) is 0 Å². The largest absolute Gasteiger partial charge is 0.480 e. The van der Waals surface area contributed by atoms with Crippen molar-refractivity contribution >= 4 is 11.9 Å². The van der Waals surface area contributed by atoms with Gasteiger partial charge in [-0.1, -0.05) is 0 Å². The van der Waals surface area contributed by atoms with Crippen LogP contribution in [0.3, 0.4) is 0 Å². The lowest BCUT2D eigenvalue weighted by Gasteiger charge is -2.19. The molecule has 88 valence electrons. The Morgan fingerprint density at radius 1 is 1.44 bits per heavy atom. The summed E-state index contributed by atoms with van der Waals surface area (Å²) >= 11 is 0. The van der Waals surface area contributed by atoms with Crippen LogP contribution >= 0.6 is 0 Å². The van der Waals surface area contributed by atoms with Crippen molar-refractivity contribution in [3.8, 4) is 6.07 Å². The second kappa shape index (κ2) is 5.75. The van der Waals surface area contributed by atoms with Gasteiger partial charge < -0.3 is 15.7 Å². The Morgan fingerprint density at radius 2 is 2.00 bits per heavy atom. The highest BCUT2D eigenvalue weighted by atomic mass is 16.4. The highest BCUT2D eigenvalue weighted by Crippen LogP contribution is 2.01. The van der Waals surface area contributed by atoms with E-state index in [1.54, 1.807) is 26.8 Å². The number of nitrogens with one attached hydrogen (secondary N) is 2. The number of nitrogens with zero attached hydrogens (tertiary/aromatic N) is 1. The monoisotopic (exact) mass is 225 g/mol. The minimum absolute atomic E-state index is 0.156. The number of carbonyl (C=O) groups excluding carboxylic acids is 1. The fraction of sp³-hybridized carbons (Fsp3) is 0.500. The average Bonchev–Trinajstić information content (AvgIpc) is 2.08. The number of carbonyl (C=O) groups is 2. The number of hydrogen-bond donors (Lipinski definition) is 3. The van der Waals surface area contributed by atoms with Gasteiger partial charge in [-0.05, 0) is 20.8 Å². The van der Waals surface area contributed by atoms with E-state index in [1.807, 2.05) is 0 Å². The highest BCUT2D eigenvalue weighted by molar-refractivity contribution is 5.97. The molecule has 0 aliphatic carbocycles. The van der Waals surface area contributed by atoms with E-state index in [4.69, 9.17) is 10.4 Å². The molecule has 3 N–H and O–H groups in total.